The van der Waals surface area contributed by atoms with Gasteiger partial charge in [0.05, 0.1) is 36.6 Å². The Labute approximate surface area is 177 Å². The molecule has 2 aliphatic rings. The first-order valence-corrected chi connectivity index (χ1v) is 10.2. The minimum Gasteiger partial charge on any atom is -0.493 e. The fourth-order valence-electron chi connectivity index (χ4n) is 4.01. The summed E-state index contributed by atoms with van der Waals surface area (Å²) in [5.41, 5.74) is -0.193. The van der Waals surface area contributed by atoms with Crippen molar-refractivity contribution in [3.63, 3.8) is 0 Å². The molecule has 0 saturated carbocycles. The number of methoxy groups -OCH3 is 2. The normalized spacial score (nSPS) is 23.2. The Balaban J connectivity index is 1.83. The summed E-state index contributed by atoms with van der Waals surface area (Å²) in [7, 11) is 3.03. The van der Waals surface area contributed by atoms with Gasteiger partial charge in [-0.05, 0) is 18.2 Å². The third kappa shape index (κ3) is 3.02. The molecule has 0 unspecified atom stereocenters. The lowest BCUT2D eigenvalue weighted by Gasteiger charge is -2.38. The minimum atomic E-state index is -1.64. The molecule has 0 bridgehead atoms. The first kappa shape index (κ1) is 20.3. The predicted octanol–water partition coefficient (Wildman–Crippen LogP) is 3.49. The third-order valence-electron chi connectivity index (χ3n) is 5.43. The van der Waals surface area contributed by atoms with Crippen molar-refractivity contribution in [3.05, 3.63) is 70.0 Å². The highest BCUT2D eigenvalue weighted by molar-refractivity contribution is 8.03. The van der Waals surface area contributed by atoms with Crippen molar-refractivity contribution in [2.75, 3.05) is 20.0 Å². The van der Waals surface area contributed by atoms with Crippen molar-refractivity contribution >= 4 is 17.7 Å². The zero-order chi connectivity index (χ0) is 21.5. The van der Waals surface area contributed by atoms with E-state index in [4.69, 9.17) is 9.47 Å². The number of ether oxygens (including phenoxy) is 2. The molecule has 1 amide bonds. The number of aliphatic hydroxyl groups is 1. The molecule has 1 N–H and O–H groups in total. The van der Waals surface area contributed by atoms with Gasteiger partial charge in [-0.15, -0.1) is 11.8 Å². The lowest BCUT2D eigenvalue weighted by atomic mass is 9.84. The van der Waals surface area contributed by atoms with Crippen LogP contribution in [0.1, 0.15) is 23.5 Å². The van der Waals surface area contributed by atoms with Crippen molar-refractivity contribution in [2.45, 2.75) is 18.1 Å². The number of nitriles is 1. The van der Waals surface area contributed by atoms with E-state index in [1.54, 1.807) is 18.2 Å². The number of carbonyl (C=O) groups is 1. The summed E-state index contributed by atoms with van der Waals surface area (Å²) in [5.74, 6) is -0.160. The molecule has 1 fully saturated rings. The van der Waals surface area contributed by atoms with Gasteiger partial charge in [0.25, 0.3) is 0 Å². The summed E-state index contributed by atoms with van der Waals surface area (Å²) in [6.07, 6.45) is -0.0139. The highest BCUT2D eigenvalue weighted by Crippen LogP contribution is 2.53. The molecule has 2 heterocycles. The van der Waals surface area contributed by atoms with E-state index in [1.165, 1.54) is 55.1 Å². The Bertz CT molecular complexity index is 1080. The molecule has 0 aromatic heterocycles. The quantitative estimate of drug-likeness (QED) is 0.806. The number of amides is 1. The fourth-order valence-corrected chi connectivity index (χ4v) is 5.37. The third-order valence-corrected chi connectivity index (χ3v) is 6.65. The highest BCUT2D eigenvalue weighted by atomic mass is 32.2. The fraction of sp³-hybridized carbons (Fsp3) is 0.273. The molecule has 6 nitrogen and oxygen atoms in total. The number of nitrogens with zero attached hydrogens (tertiary/aromatic N) is 2. The molecule has 2 aromatic rings. The summed E-state index contributed by atoms with van der Waals surface area (Å²) in [6.45, 7) is 0. The number of fused-ring (bicyclic) bond motifs is 1. The zero-order valence-electron chi connectivity index (χ0n) is 16.4. The maximum atomic E-state index is 13.4. The molecule has 0 aliphatic carbocycles. The van der Waals surface area contributed by atoms with E-state index in [2.05, 4.69) is 6.07 Å². The van der Waals surface area contributed by atoms with Gasteiger partial charge in [0.15, 0.2) is 17.2 Å². The first-order chi connectivity index (χ1) is 14.4. The van der Waals surface area contributed by atoms with Crippen LogP contribution in [0, 0.1) is 17.1 Å². The van der Waals surface area contributed by atoms with Gasteiger partial charge in [-0.3, -0.25) is 9.69 Å². The van der Waals surface area contributed by atoms with Crippen LogP contribution < -0.4 is 9.47 Å². The topological polar surface area (TPSA) is 82.8 Å². The molecule has 2 aliphatic heterocycles. The number of rotatable bonds is 4. The van der Waals surface area contributed by atoms with E-state index in [0.717, 1.165) is 0 Å². The number of benzene rings is 2. The number of halogens is 1. The largest absolute Gasteiger partial charge is 0.493 e. The number of allylic oxidation sites excluding steroid dienone is 1. The van der Waals surface area contributed by atoms with Gasteiger partial charge in [0.1, 0.15) is 5.82 Å². The first-order valence-electron chi connectivity index (χ1n) is 9.24. The summed E-state index contributed by atoms with van der Waals surface area (Å²) in [5, 5.41) is 21.7. The van der Waals surface area contributed by atoms with Gasteiger partial charge in [-0.2, -0.15) is 5.26 Å². The number of carbonyl (C=O) groups excluding carboxylic acids is 1. The number of para-hydroxylation sites is 1. The Hall–Kier alpha value is -3.02. The summed E-state index contributed by atoms with van der Waals surface area (Å²) in [6, 6.07) is 12.9. The van der Waals surface area contributed by atoms with Crippen molar-refractivity contribution in [1.82, 2.24) is 4.90 Å². The smallest absolute Gasteiger partial charge is 0.231 e. The minimum absolute atomic E-state index is 0.0139. The lowest BCUT2D eigenvalue weighted by molar-refractivity contribution is -0.149. The van der Waals surface area contributed by atoms with Gasteiger partial charge in [0.2, 0.25) is 5.91 Å². The molecule has 2 aromatic carbocycles. The summed E-state index contributed by atoms with van der Waals surface area (Å²) < 4.78 is 24.2. The molecular weight excluding hydrogens is 407 g/mol. The molecule has 0 radical (unpaired) electrons. The van der Waals surface area contributed by atoms with E-state index in [1.807, 2.05) is 0 Å². The van der Waals surface area contributed by atoms with Crippen LogP contribution in [0.3, 0.4) is 0 Å². The highest BCUT2D eigenvalue weighted by Gasteiger charge is 2.52. The van der Waals surface area contributed by atoms with Gasteiger partial charge in [0, 0.05) is 23.5 Å². The van der Waals surface area contributed by atoms with E-state index in [0.29, 0.717) is 33.2 Å². The van der Waals surface area contributed by atoms with E-state index < -0.39 is 17.5 Å². The number of hydrogen-bond donors (Lipinski definition) is 1. The van der Waals surface area contributed by atoms with Crippen LogP contribution in [-0.4, -0.2) is 35.9 Å². The van der Waals surface area contributed by atoms with Crippen molar-refractivity contribution in [3.8, 4) is 17.6 Å². The molecular formula is C22H19FN2O4S. The van der Waals surface area contributed by atoms with Crippen LogP contribution in [0.15, 0.2) is 53.1 Å². The second-order valence-corrected chi connectivity index (χ2v) is 7.98. The molecule has 154 valence electrons. The van der Waals surface area contributed by atoms with Crippen molar-refractivity contribution in [1.29, 1.82) is 5.26 Å². The van der Waals surface area contributed by atoms with E-state index >= 15 is 0 Å². The number of hydrogen-bond acceptors (Lipinski definition) is 6. The van der Waals surface area contributed by atoms with Crippen LogP contribution in [0.4, 0.5) is 4.39 Å². The van der Waals surface area contributed by atoms with Crippen LogP contribution in [0.2, 0.25) is 0 Å². The maximum Gasteiger partial charge on any atom is 0.231 e. The van der Waals surface area contributed by atoms with Crippen LogP contribution in [0.25, 0.3) is 0 Å². The zero-order valence-corrected chi connectivity index (χ0v) is 17.2. The van der Waals surface area contributed by atoms with Crippen LogP contribution >= 0.6 is 11.8 Å². The van der Waals surface area contributed by atoms with Crippen LogP contribution in [0.5, 0.6) is 11.5 Å². The van der Waals surface area contributed by atoms with E-state index in [-0.39, 0.29) is 18.1 Å². The second kappa shape index (κ2) is 7.67. The summed E-state index contributed by atoms with van der Waals surface area (Å²) in [4.78, 5) is 14.5. The second-order valence-electron chi connectivity index (χ2n) is 7.01. The van der Waals surface area contributed by atoms with Crippen molar-refractivity contribution < 1.29 is 23.8 Å². The number of thioether (sulfide) groups is 1. The SMILES string of the molecule is COc1cccc([C@H]2CC(=O)N3C(=C2C#N)SC[C@]3(O)c2ccc(F)cc2)c1OC. The lowest BCUT2D eigenvalue weighted by Crippen LogP contribution is -2.48. The molecule has 2 atom stereocenters. The van der Waals surface area contributed by atoms with Gasteiger partial charge in [-0.25, -0.2) is 4.39 Å². The van der Waals surface area contributed by atoms with Crippen LogP contribution in [-0.2, 0) is 10.5 Å². The Morgan fingerprint density at radius 1 is 1.23 bits per heavy atom. The monoisotopic (exact) mass is 426 g/mol. The standard InChI is InChI=1S/C22H19FN2O4S/c1-28-18-5-3-4-15(20(18)29-2)16-10-19(26)25-21(17(16)11-24)30-12-22(25,27)13-6-8-14(23)9-7-13/h3-9,16,27H,10,12H2,1-2H3/t16-,22+/m1/s1. The average Bonchev–Trinajstić information content (AvgIpc) is 3.12. The van der Waals surface area contributed by atoms with Crippen molar-refractivity contribution in [2.24, 2.45) is 0 Å². The van der Waals surface area contributed by atoms with Gasteiger partial charge < -0.3 is 14.6 Å². The predicted molar refractivity (Wildman–Crippen MR) is 109 cm³/mol. The Morgan fingerprint density at radius 3 is 2.60 bits per heavy atom. The molecule has 8 heteroatoms. The Kier molecular flexibility index (Phi) is 5.18. The maximum absolute atomic E-state index is 13.4. The van der Waals surface area contributed by atoms with E-state index in [9.17, 15) is 19.6 Å². The molecule has 1 saturated heterocycles. The summed E-state index contributed by atoms with van der Waals surface area (Å²) >= 11 is 1.24. The van der Waals surface area contributed by atoms with Gasteiger partial charge >= 0.3 is 0 Å². The Morgan fingerprint density at radius 2 is 1.97 bits per heavy atom. The van der Waals surface area contributed by atoms with Gasteiger partial charge in [-0.1, -0.05) is 24.3 Å². The molecule has 0 spiro atoms. The molecule has 4 rings (SSSR count). The average molecular weight is 426 g/mol. The molecule has 30 heavy (non-hydrogen) atoms.